The van der Waals surface area contributed by atoms with Gasteiger partial charge in [-0.3, -0.25) is 9.59 Å². The first-order chi connectivity index (χ1) is 16.4. The van der Waals surface area contributed by atoms with Gasteiger partial charge in [-0.2, -0.15) is 0 Å². The zero-order chi connectivity index (χ0) is 26.6. The predicted octanol–water partition coefficient (Wildman–Crippen LogP) is 8.58. The Bertz CT molecular complexity index is 741. The highest BCUT2D eigenvalue weighted by molar-refractivity contribution is 6.66. The van der Waals surface area contributed by atoms with Crippen LogP contribution in [0.15, 0.2) is 10.1 Å². The van der Waals surface area contributed by atoms with Crippen molar-refractivity contribution in [3.05, 3.63) is 10.1 Å². The maximum atomic E-state index is 13.5. The fourth-order valence-electron chi connectivity index (χ4n) is 4.96. The van der Waals surface area contributed by atoms with Crippen LogP contribution in [0.25, 0.3) is 0 Å². The molecule has 0 heterocycles. The van der Waals surface area contributed by atoms with Crippen LogP contribution in [0.3, 0.4) is 0 Å². The first kappa shape index (κ1) is 31.6. The quantitative estimate of drug-likeness (QED) is 0.146. The van der Waals surface area contributed by atoms with Crippen LogP contribution in [0.2, 0.25) is 0 Å². The van der Waals surface area contributed by atoms with Gasteiger partial charge in [0.2, 0.25) is 0 Å². The molecule has 10 heteroatoms. The van der Waals surface area contributed by atoms with E-state index < -0.39 is 37.9 Å². The van der Waals surface area contributed by atoms with Crippen molar-refractivity contribution in [2.75, 3.05) is 13.2 Å². The maximum Gasteiger partial charge on any atom is 0.312 e. The van der Waals surface area contributed by atoms with Gasteiger partial charge >= 0.3 is 11.9 Å². The van der Waals surface area contributed by atoms with Gasteiger partial charge in [0.15, 0.2) is 4.33 Å². The number of alkyl halides is 4. The molecule has 2 rings (SSSR count). The topological polar surface area (TPSA) is 52.6 Å². The standard InChI is InChI=1S/C25H36Cl6O4/c1-5-9-11-15(7-3)13-34-21(32)17-18(22(33)35-14-16(8-4)12-10-6-2)24(29)20(27)19(26)23(17,28)25(24,30)31/h15-18H,5-14H2,1-4H3/t15-,16-,17-,18+,23+,24+/m0/s1. The molecule has 0 aliphatic heterocycles. The number of hydrogen-bond donors (Lipinski definition) is 0. The van der Waals surface area contributed by atoms with Gasteiger partial charge in [-0.1, -0.05) is 113 Å². The van der Waals surface area contributed by atoms with Crippen molar-refractivity contribution in [3.8, 4) is 0 Å². The van der Waals surface area contributed by atoms with Crippen LogP contribution in [0.5, 0.6) is 0 Å². The molecule has 4 nitrogen and oxygen atoms in total. The Kier molecular flexibility index (Phi) is 11.7. The Morgan fingerprint density at radius 3 is 1.37 bits per heavy atom. The minimum atomic E-state index is -2.05. The van der Waals surface area contributed by atoms with E-state index in [9.17, 15) is 9.59 Å². The average Bonchev–Trinajstić information content (AvgIpc) is 3.04. The summed E-state index contributed by atoms with van der Waals surface area (Å²) in [6.07, 6.45) is 7.63. The molecule has 0 aromatic rings. The SMILES string of the molecule is CCCC[C@H](CC)COC(=O)[C@@H]1[C@H](C(=O)OC[C@@H](CC)CCCC)[C@@]2(Cl)C(Cl)=C(Cl)[C@@]1(Cl)C2(Cl)Cl. The van der Waals surface area contributed by atoms with Crippen LogP contribution in [0.1, 0.15) is 79.1 Å². The Labute approximate surface area is 239 Å². The summed E-state index contributed by atoms with van der Waals surface area (Å²) in [6.45, 7) is 8.63. The molecule has 0 N–H and O–H groups in total. The summed E-state index contributed by atoms with van der Waals surface area (Å²) in [5, 5.41) is -0.307. The second-order valence-corrected chi connectivity index (χ2v) is 12.9. The molecule has 202 valence electrons. The van der Waals surface area contributed by atoms with Crippen molar-refractivity contribution in [3.63, 3.8) is 0 Å². The van der Waals surface area contributed by atoms with Crippen molar-refractivity contribution in [1.29, 1.82) is 0 Å². The molecule has 2 aliphatic carbocycles. The van der Waals surface area contributed by atoms with E-state index in [0.717, 1.165) is 51.4 Å². The number of halogens is 6. The Balaban J connectivity index is 2.35. The van der Waals surface area contributed by atoms with Crippen LogP contribution >= 0.6 is 69.6 Å². The highest BCUT2D eigenvalue weighted by Crippen LogP contribution is 2.76. The number of esters is 2. The van der Waals surface area contributed by atoms with E-state index in [4.69, 9.17) is 79.1 Å². The molecule has 1 fully saturated rings. The van der Waals surface area contributed by atoms with E-state index in [1.165, 1.54) is 0 Å². The molecule has 0 saturated heterocycles. The van der Waals surface area contributed by atoms with E-state index >= 15 is 0 Å². The molecule has 0 unspecified atom stereocenters. The number of fused-ring (bicyclic) bond motifs is 2. The summed E-state index contributed by atoms with van der Waals surface area (Å²) in [5.74, 6) is -3.86. The zero-order valence-corrected chi connectivity index (χ0v) is 25.3. The van der Waals surface area contributed by atoms with Crippen molar-refractivity contribution in [1.82, 2.24) is 0 Å². The minimum Gasteiger partial charge on any atom is -0.465 e. The smallest absolute Gasteiger partial charge is 0.312 e. The van der Waals surface area contributed by atoms with Gasteiger partial charge in [0, 0.05) is 0 Å². The number of ether oxygens (including phenoxy) is 2. The van der Waals surface area contributed by atoms with Crippen LogP contribution in [-0.2, 0) is 19.1 Å². The summed E-state index contributed by atoms with van der Waals surface area (Å²) in [4.78, 5) is 23.0. The molecule has 0 amide bonds. The third kappa shape index (κ3) is 5.59. The number of rotatable bonds is 14. The van der Waals surface area contributed by atoms with E-state index in [2.05, 4.69) is 13.8 Å². The Morgan fingerprint density at radius 2 is 1.09 bits per heavy atom. The molecule has 0 aromatic heterocycles. The predicted molar refractivity (Wildman–Crippen MR) is 146 cm³/mol. The monoisotopic (exact) mass is 610 g/mol. The second-order valence-electron chi connectivity index (χ2n) is 9.67. The molecule has 2 aliphatic rings. The van der Waals surface area contributed by atoms with Crippen molar-refractivity contribution < 1.29 is 19.1 Å². The Morgan fingerprint density at radius 1 is 0.743 bits per heavy atom. The van der Waals surface area contributed by atoms with Crippen LogP contribution in [0, 0.1) is 23.7 Å². The molecular formula is C25H36Cl6O4. The highest BCUT2D eigenvalue weighted by atomic mass is 35.5. The van der Waals surface area contributed by atoms with Gasteiger partial charge < -0.3 is 9.47 Å². The summed E-state index contributed by atoms with van der Waals surface area (Å²) >= 11 is 40.0. The van der Waals surface area contributed by atoms with Crippen LogP contribution in [-0.4, -0.2) is 39.2 Å². The zero-order valence-electron chi connectivity index (χ0n) is 20.8. The van der Waals surface area contributed by atoms with Gasteiger partial charge in [-0.15, -0.1) is 23.2 Å². The molecule has 0 spiro atoms. The number of unbranched alkanes of at least 4 members (excludes halogenated alkanes) is 2. The van der Waals surface area contributed by atoms with E-state index in [-0.39, 0.29) is 35.1 Å². The molecular weight excluding hydrogens is 577 g/mol. The lowest BCUT2D eigenvalue weighted by molar-refractivity contribution is -0.162. The van der Waals surface area contributed by atoms with Crippen molar-refractivity contribution >= 4 is 81.5 Å². The third-order valence-corrected chi connectivity index (χ3v) is 11.7. The van der Waals surface area contributed by atoms with Gasteiger partial charge in [-0.05, 0) is 24.7 Å². The first-order valence-corrected chi connectivity index (χ1v) is 14.8. The lowest BCUT2D eigenvalue weighted by atomic mass is 9.81. The van der Waals surface area contributed by atoms with E-state index in [1.807, 2.05) is 13.8 Å². The van der Waals surface area contributed by atoms with Gasteiger partial charge in [0.25, 0.3) is 0 Å². The lowest BCUT2D eigenvalue weighted by Crippen LogP contribution is -2.47. The minimum absolute atomic E-state index is 0.153. The fourth-order valence-corrected chi connectivity index (χ4v) is 7.88. The number of hydrogen-bond acceptors (Lipinski definition) is 4. The average molecular weight is 613 g/mol. The van der Waals surface area contributed by atoms with Crippen molar-refractivity contribution in [2.45, 2.75) is 93.1 Å². The lowest BCUT2D eigenvalue weighted by Gasteiger charge is -2.34. The summed E-state index contributed by atoms with van der Waals surface area (Å²) in [7, 11) is 0. The third-order valence-electron chi connectivity index (χ3n) is 7.45. The maximum absolute atomic E-state index is 13.5. The summed E-state index contributed by atoms with van der Waals surface area (Å²) < 4.78 is 9.28. The van der Waals surface area contributed by atoms with Crippen LogP contribution in [0.4, 0.5) is 0 Å². The number of allylic oxidation sites excluding steroid dienone is 2. The largest absolute Gasteiger partial charge is 0.465 e. The van der Waals surface area contributed by atoms with E-state index in [0.29, 0.717) is 0 Å². The Hall–Kier alpha value is 0.420. The van der Waals surface area contributed by atoms with Gasteiger partial charge in [0.1, 0.15) is 9.75 Å². The summed E-state index contributed by atoms with van der Waals surface area (Å²) in [5.41, 5.74) is 0. The number of carbonyl (C=O) groups excluding carboxylic acids is 2. The molecule has 35 heavy (non-hydrogen) atoms. The fraction of sp³-hybridized carbons (Fsp3) is 0.840. The van der Waals surface area contributed by atoms with Crippen molar-refractivity contribution in [2.24, 2.45) is 23.7 Å². The van der Waals surface area contributed by atoms with E-state index in [1.54, 1.807) is 0 Å². The molecule has 2 bridgehead atoms. The number of carbonyl (C=O) groups is 2. The molecule has 6 atom stereocenters. The molecule has 0 aromatic carbocycles. The summed E-state index contributed by atoms with van der Waals surface area (Å²) in [6, 6.07) is 0. The van der Waals surface area contributed by atoms with Crippen LogP contribution < -0.4 is 0 Å². The molecule has 0 radical (unpaired) electrons. The normalized spacial score (nSPS) is 30.9. The first-order valence-electron chi connectivity index (χ1n) is 12.5. The van der Waals surface area contributed by atoms with Gasteiger partial charge in [0.05, 0.1) is 35.1 Å². The van der Waals surface area contributed by atoms with Gasteiger partial charge in [-0.25, -0.2) is 0 Å². The molecule has 1 saturated carbocycles. The highest BCUT2D eigenvalue weighted by Gasteiger charge is 2.86. The second kappa shape index (κ2) is 13.0.